The molecule has 1 aromatic rings. The molecule has 0 unspecified atom stereocenters. The largest absolute Gasteiger partial charge is 0.391 e. The first-order valence-electron chi connectivity index (χ1n) is 10.3. The van der Waals surface area contributed by atoms with Gasteiger partial charge in [0.15, 0.2) is 0 Å². The molecule has 2 saturated heterocycles. The summed E-state index contributed by atoms with van der Waals surface area (Å²) in [4.78, 5) is 44.4. The van der Waals surface area contributed by atoms with Crippen LogP contribution in [0.1, 0.15) is 36.8 Å². The summed E-state index contributed by atoms with van der Waals surface area (Å²) in [5.41, 5.74) is 0.472. The fraction of sp³-hybridized carbons (Fsp3) is 0.591. The lowest BCUT2D eigenvalue weighted by Gasteiger charge is -2.34. The average molecular weight is 402 g/mol. The van der Waals surface area contributed by atoms with Crippen LogP contribution in [0.2, 0.25) is 0 Å². The van der Waals surface area contributed by atoms with Gasteiger partial charge in [-0.05, 0) is 45.0 Å². The minimum atomic E-state index is -1.17. The van der Waals surface area contributed by atoms with Crippen LogP contribution in [0.4, 0.5) is 0 Å². The first-order chi connectivity index (χ1) is 13.7. The van der Waals surface area contributed by atoms with E-state index in [-0.39, 0.29) is 37.1 Å². The fourth-order valence-corrected chi connectivity index (χ4v) is 4.43. The number of rotatable bonds is 6. The smallest absolute Gasteiger partial charge is 0.240 e. The van der Waals surface area contributed by atoms with E-state index in [0.717, 1.165) is 17.5 Å². The molecule has 0 spiro atoms. The zero-order chi connectivity index (χ0) is 21.2. The SMILES string of the molecule is Cc1ccccc1[C@]1(CC(=O)N2CCC[C@H](O)C2)CC(=O)N(CCN(C)C)C1=O. The average Bonchev–Trinajstić information content (AvgIpc) is 2.90. The molecule has 29 heavy (non-hydrogen) atoms. The van der Waals surface area contributed by atoms with E-state index in [1.54, 1.807) is 4.90 Å². The molecule has 2 fully saturated rings. The minimum absolute atomic E-state index is 0.00620. The van der Waals surface area contributed by atoms with Crippen molar-refractivity contribution in [3.8, 4) is 0 Å². The van der Waals surface area contributed by atoms with E-state index in [1.807, 2.05) is 50.2 Å². The van der Waals surface area contributed by atoms with Crippen LogP contribution in [0.15, 0.2) is 24.3 Å². The standard InChI is InChI=1S/C22H31N3O4/c1-16-7-4-5-9-18(16)22(13-19(27)24-10-6-8-17(26)15-24)14-20(28)25(21(22)29)12-11-23(2)3/h4-5,7,9,17,26H,6,8,10-15H2,1-3H3/t17-,22-/m0/s1. The van der Waals surface area contributed by atoms with Gasteiger partial charge in [0.2, 0.25) is 17.7 Å². The Morgan fingerprint density at radius 1 is 1.28 bits per heavy atom. The molecule has 0 aliphatic carbocycles. The van der Waals surface area contributed by atoms with Gasteiger partial charge in [0, 0.05) is 39.0 Å². The first kappa shape index (κ1) is 21.5. The Morgan fingerprint density at radius 3 is 2.66 bits per heavy atom. The number of aliphatic hydroxyl groups is 1. The van der Waals surface area contributed by atoms with E-state index in [0.29, 0.717) is 26.1 Å². The van der Waals surface area contributed by atoms with Crippen molar-refractivity contribution < 1.29 is 19.5 Å². The number of benzene rings is 1. The minimum Gasteiger partial charge on any atom is -0.391 e. The van der Waals surface area contributed by atoms with E-state index < -0.39 is 11.5 Å². The van der Waals surface area contributed by atoms with Crippen molar-refractivity contribution in [3.05, 3.63) is 35.4 Å². The number of amides is 3. The van der Waals surface area contributed by atoms with Gasteiger partial charge in [0.25, 0.3) is 0 Å². The van der Waals surface area contributed by atoms with E-state index >= 15 is 0 Å². The summed E-state index contributed by atoms with van der Waals surface area (Å²) < 4.78 is 0. The molecule has 2 heterocycles. The number of likely N-dealkylation sites (tertiary alicyclic amines) is 2. The lowest BCUT2D eigenvalue weighted by molar-refractivity contribution is -0.143. The van der Waals surface area contributed by atoms with Crippen LogP contribution in [0, 0.1) is 6.92 Å². The quantitative estimate of drug-likeness (QED) is 0.717. The third-order valence-electron chi connectivity index (χ3n) is 6.04. The second-order valence-electron chi connectivity index (χ2n) is 8.54. The van der Waals surface area contributed by atoms with Gasteiger partial charge in [0.05, 0.1) is 11.5 Å². The number of aliphatic hydroxyl groups excluding tert-OH is 1. The van der Waals surface area contributed by atoms with E-state index in [2.05, 4.69) is 0 Å². The van der Waals surface area contributed by atoms with Gasteiger partial charge in [0.1, 0.15) is 0 Å². The van der Waals surface area contributed by atoms with Gasteiger partial charge < -0.3 is 14.9 Å². The van der Waals surface area contributed by atoms with Crippen molar-refractivity contribution in [2.45, 2.75) is 44.1 Å². The molecule has 2 atom stereocenters. The van der Waals surface area contributed by atoms with Crippen LogP contribution < -0.4 is 0 Å². The predicted octanol–water partition coefficient (Wildman–Crippen LogP) is 0.927. The molecule has 7 nitrogen and oxygen atoms in total. The molecule has 0 saturated carbocycles. The molecule has 1 N–H and O–H groups in total. The van der Waals surface area contributed by atoms with Crippen molar-refractivity contribution in [2.75, 3.05) is 40.3 Å². The van der Waals surface area contributed by atoms with Crippen LogP contribution in [0.5, 0.6) is 0 Å². The number of β-amino-alcohol motifs (C(OH)–C–C–N with tert-alkyl or cyclic N) is 1. The van der Waals surface area contributed by atoms with Crippen molar-refractivity contribution in [1.29, 1.82) is 0 Å². The first-order valence-corrected chi connectivity index (χ1v) is 10.3. The number of hydrogen-bond acceptors (Lipinski definition) is 5. The molecule has 0 radical (unpaired) electrons. The van der Waals surface area contributed by atoms with Crippen LogP contribution in [-0.4, -0.2) is 83.9 Å². The van der Waals surface area contributed by atoms with Crippen LogP contribution in [0.25, 0.3) is 0 Å². The Morgan fingerprint density at radius 2 is 2.00 bits per heavy atom. The Bertz CT molecular complexity index is 794. The Kier molecular flexibility index (Phi) is 6.39. The summed E-state index contributed by atoms with van der Waals surface area (Å²) in [6.45, 7) is 3.66. The maximum Gasteiger partial charge on any atom is 0.240 e. The third kappa shape index (κ3) is 4.36. The highest BCUT2D eigenvalue weighted by Crippen LogP contribution is 2.41. The molecular formula is C22H31N3O4. The molecule has 2 aliphatic heterocycles. The van der Waals surface area contributed by atoms with Crippen LogP contribution in [-0.2, 0) is 19.8 Å². The van der Waals surface area contributed by atoms with Gasteiger partial charge >= 0.3 is 0 Å². The Labute approximate surface area is 172 Å². The summed E-state index contributed by atoms with van der Waals surface area (Å²) in [6, 6.07) is 7.50. The van der Waals surface area contributed by atoms with Gasteiger partial charge in [-0.2, -0.15) is 0 Å². The second-order valence-corrected chi connectivity index (χ2v) is 8.54. The molecule has 158 valence electrons. The molecule has 0 bridgehead atoms. The number of piperidine rings is 1. The van der Waals surface area contributed by atoms with Crippen LogP contribution >= 0.6 is 0 Å². The number of carbonyl (C=O) groups excluding carboxylic acids is 3. The summed E-state index contributed by atoms with van der Waals surface area (Å²) in [5, 5.41) is 9.94. The van der Waals surface area contributed by atoms with Gasteiger partial charge in [-0.3, -0.25) is 19.3 Å². The summed E-state index contributed by atoms with van der Waals surface area (Å²) >= 11 is 0. The molecule has 3 amide bonds. The summed E-state index contributed by atoms with van der Waals surface area (Å²) in [6.07, 6.45) is 0.855. The molecule has 0 aromatic heterocycles. The second kappa shape index (κ2) is 8.63. The van der Waals surface area contributed by atoms with Crippen molar-refractivity contribution in [3.63, 3.8) is 0 Å². The highest BCUT2D eigenvalue weighted by molar-refractivity contribution is 6.11. The predicted molar refractivity (Wildman–Crippen MR) is 109 cm³/mol. The maximum absolute atomic E-state index is 13.6. The number of hydrogen-bond donors (Lipinski definition) is 1. The molecule has 2 aliphatic rings. The highest BCUT2D eigenvalue weighted by Gasteiger charge is 2.54. The zero-order valence-electron chi connectivity index (χ0n) is 17.6. The summed E-state index contributed by atoms with van der Waals surface area (Å²) in [7, 11) is 3.79. The van der Waals surface area contributed by atoms with E-state index in [1.165, 1.54) is 4.90 Å². The third-order valence-corrected chi connectivity index (χ3v) is 6.04. The van der Waals surface area contributed by atoms with Crippen molar-refractivity contribution in [1.82, 2.24) is 14.7 Å². The highest BCUT2D eigenvalue weighted by atomic mass is 16.3. The fourth-order valence-electron chi connectivity index (χ4n) is 4.43. The maximum atomic E-state index is 13.6. The molecular weight excluding hydrogens is 370 g/mol. The molecule has 3 rings (SSSR count). The zero-order valence-corrected chi connectivity index (χ0v) is 17.6. The monoisotopic (exact) mass is 401 g/mol. The topological polar surface area (TPSA) is 81.2 Å². The normalized spacial score (nSPS) is 25.2. The number of likely N-dealkylation sites (N-methyl/N-ethyl adjacent to an activating group) is 1. The molecule has 7 heteroatoms. The van der Waals surface area contributed by atoms with Crippen molar-refractivity contribution >= 4 is 17.7 Å². The molecule has 1 aromatic carbocycles. The van der Waals surface area contributed by atoms with Crippen molar-refractivity contribution in [2.24, 2.45) is 0 Å². The lowest BCUT2D eigenvalue weighted by Crippen LogP contribution is -2.47. The van der Waals surface area contributed by atoms with Gasteiger partial charge in [-0.1, -0.05) is 24.3 Å². The van der Waals surface area contributed by atoms with Gasteiger partial charge in [-0.25, -0.2) is 0 Å². The number of aryl methyl sites for hydroxylation is 1. The lowest BCUT2D eigenvalue weighted by atomic mass is 9.73. The Hall–Kier alpha value is -2.25. The van der Waals surface area contributed by atoms with Crippen LogP contribution in [0.3, 0.4) is 0 Å². The number of imide groups is 1. The van der Waals surface area contributed by atoms with E-state index in [4.69, 9.17) is 0 Å². The Balaban J connectivity index is 1.93. The number of nitrogens with zero attached hydrogens (tertiary/aromatic N) is 3. The van der Waals surface area contributed by atoms with E-state index in [9.17, 15) is 19.5 Å². The van der Waals surface area contributed by atoms with Gasteiger partial charge in [-0.15, -0.1) is 0 Å². The summed E-state index contributed by atoms with van der Waals surface area (Å²) in [5.74, 6) is -0.696. The number of carbonyl (C=O) groups is 3.